The molecule has 6 nitrogen and oxygen atoms in total. The van der Waals surface area contributed by atoms with E-state index >= 15 is 0 Å². The quantitative estimate of drug-likeness (QED) is 0.436. The number of rotatable bonds is 5. The first-order valence-electron chi connectivity index (χ1n) is 9.77. The molecule has 0 saturated carbocycles. The minimum atomic E-state index is 0.0502. The predicted octanol–water partition coefficient (Wildman–Crippen LogP) is 5.78. The maximum atomic E-state index is 7.88. The number of nitrogens with zero attached hydrogens (tertiary/aromatic N) is 3. The lowest BCUT2D eigenvalue weighted by molar-refractivity contribution is 0.242. The zero-order valence-corrected chi connectivity index (χ0v) is 17.9. The molecule has 0 spiro atoms. The molecule has 30 heavy (non-hydrogen) atoms. The molecule has 0 unspecified atom stereocenters. The topological polar surface area (TPSA) is 81.3 Å². The van der Waals surface area contributed by atoms with Crippen LogP contribution in [-0.2, 0) is 0 Å². The molecule has 0 amide bonds. The largest absolute Gasteiger partial charge is 0.489 e. The lowest BCUT2D eigenvalue weighted by atomic mass is 10.1. The van der Waals surface area contributed by atoms with E-state index in [-0.39, 0.29) is 6.10 Å². The third kappa shape index (κ3) is 5.14. The van der Waals surface area contributed by atoms with Crippen molar-refractivity contribution in [1.29, 1.82) is 0 Å². The Bertz CT molecular complexity index is 1100. The highest BCUT2D eigenvalue weighted by atomic mass is 35.5. The van der Waals surface area contributed by atoms with Crippen molar-refractivity contribution < 1.29 is 14.4 Å². The number of aliphatic hydroxyl groups is 1. The van der Waals surface area contributed by atoms with Crippen LogP contribution in [0.2, 0.25) is 5.02 Å². The van der Waals surface area contributed by atoms with Crippen molar-refractivity contribution in [3.05, 3.63) is 59.9 Å². The number of halogens is 1. The van der Waals surface area contributed by atoms with Crippen molar-refractivity contribution in [2.75, 3.05) is 6.61 Å². The molecule has 2 aromatic heterocycles. The van der Waals surface area contributed by atoms with Crippen LogP contribution in [0.5, 0.6) is 5.75 Å². The highest BCUT2D eigenvalue weighted by Gasteiger charge is 2.14. The van der Waals surface area contributed by atoms with Gasteiger partial charge in [-0.2, -0.15) is 4.98 Å². The summed E-state index contributed by atoms with van der Waals surface area (Å²) < 4.78 is 11.1. The second-order valence-electron chi connectivity index (χ2n) is 6.86. The average Bonchev–Trinajstić information content (AvgIpc) is 3.25. The minimum absolute atomic E-state index is 0.0502. The van der Waals surface area contributed by atoms with E-state index in [9.17, 15) is 0 Å². The van der Waals surface area contributed by atoms with E-state index in [1.54, 1.807) is 12.3 Å². The molecule has 0 bridgehead atoms. The molecule has 4 rings (SSSR count). The van der Waals surface area contributed by atoms with Gasteiger partial charge < -0.3 is 14.4 Å². The smallest absolute Gasteiger partial charge is 0.258 e. The van der Waals surface area contributed by atoms with Gasteiger partial charge in [0.1, 0.15) is 5.75 Å². The van der Waals surface area contributed by atoms with Gasteiger partial charge in [-0.3, -0.25) is 4.98 Å². The maximum Gasteiger partial charge on any atom is 0.258 e. The van der Waals surface area contributed by atoms with E-state index in [0.717, 1.165) is 28.3 Å². The highest BCUT2D eigenvalue weighted by Crippen LogP contribution is 2.32. The van der Waals surface area contributed by atoms with Crippen molar-refractivity contribution in [2.24, 2.45) is 0 Å². The van der Waals surface area contributed by atoms with Gasteiger partial charge in [0.2, 0.25) is 5.82 Å². The summed E-state index contributed by atoms with van der Waals surface area (Å²) in [6.07, 6.45) is 4.49. The van der Waals surface area contributed by atoms with Crippen LogP contribution in [0.15, 0.2) is 59.4 Å². The maximum absolute atomic E-state index is 7.88. The van der Waals surface area contributed by atoms with Crippen LogP contribution in [0, 0.1) is 0 Å². The van der Waals surface area contributed by atoms with E-state index < -0.39 is 0 Å². The molecule has 0 aliphatic heterocycles. The summed E-state index contributed by atoms with van der Waals surface area (Å²) in [4.78, 5) is 8.68. The molecular formula is C23H24ClN3O3. The molecule has 0 saturated heterocycles. The summed E-state index contributed by atoms with van der Waals surface area (Å²) in [5.74, 6) is 1.56. The zero-order chi connectivity index (χ0) is 21.5. The van der Waals surface area contributed by atoms with Crippen molar-refractivity contribution in [2.45, 2.75) is 33.3 Å². The van der Waals surface area contributed by atoms with Crippen LogP contribution < -0.4 is 4.74 Å². The van der Waals surface area contributed by atoms with Gasteiger partial charge in [0.15, 0.2) is 0 Å². The Kier molecular flexibility index (Phi) is 7.38. The van der Waals surface area contributed by atoms with Crippen LogP contribution in [-0.4, -0.2) is 32.9 Å². The number of fused-ring (bicyclic) bond motifs is 1. The van der Waals surface area contributed by atoms with Crippen molar-refractivity contribution in [1.82, 2.24) is 15.1 Å². The van der Waals surface area contributed by atoms with Gasteiger partial charge in [0.05, 0.1) is 11.1 Å². The Labute approximate surface area is 180 Å². The molecule has 2 aromatic carbocycles. The Morgan fingerprint density at radius 2 is 1.97 bits per heavy atom. The number of pyridine rings is 1. The fourth-order valence-electron chi connectivity index (χ4n) is 2.75. The number of hydrogen-bond donors (Lipinski definition) is 1. The monoisotopic (exact) mass is 425 g/mol. The SMILES string of the molecule is CC(C)Oc1ccc(-c2nc(-c3cccc4cnccc34)no2)cc1Cl.CCCO. The van der Waals surface area contributed by atoms with E-state index in [4.69, 9.17) is 26.0 Å². The number of ether oxygens (including phenoxy) is 1. The molecule has 156 valence electrons. The minimum Gasteiger partial charge on any atom is -0.489 e. The van der Waals surface area contributed by atoms with Crippen LogP contribution in [0.4, 0.5) is 0 Å². The summed E-state index contributed by atoms with van der Waals surface area (Å²) in [5.41, 5.74) is 1.64. The molecule has 0 aliphatic rings. The van der Waals surface area contributed by atoms with Crippen LogP contribution in [0.1, 0.15) is 27.2 Å². The molecule has 2 heterocycles. The van der Waals surface area contributed by atoms with Crippen LogP contribution >= 0.6 is 11.6 Å². The predicted molar refractivity (Wildman–Crippen MR) is 119 cm³/mol. The fraction of sp³-hybridized carbons (Fsp3) is 0.261. The van der Waals surface area contributed by atoms with Crippen molar-refractivity contribution in [3.63, 3.8) is 0 Å². The molecule has 0 fully saturated rings. The van der Waals surface area contributed by atoms with Gasteiger partial charge >= 0.3 is 0 Å². The summed E-state index contributed by atoms with van der Waals surface area (Å²) in [7, 11) is 0. The van der Waals surface area contributed by atoms with E-state index in [0.29, 0.717) is 29.1 Å². The number of aliphatic hydroxyl groups excluding tert-OH is 1. The summed E-state index contributed by atoms with van der Waals surface area (Å²) in [6, 6.07) is 13.3. The van der Waals surface area contributed by atoms with Gasteiger partial charge in [0, 0.05) is 35.5 Å². The van der Waals surface area contributed by atoms with Gasteiger partial charge in [-0.05, 0) is 49.9 Å². The first-order valence-corrected chi connectivity index (χ1v) is 10.2. The molecule has 7 heteroatoms. The Hall–Kier alpha value is -2.96. The van der Waals surface area contributed by atoms with Gasteiger partial charge in [-0.25, -0.2) is 0 Å². The number of benzene rings is 2. The van der Waals surface area contributed by atoms with Crippen LogP contribution in [0.3, 0.4) is 0 Å². The van der Waals surface area contributed by atoms with Crippen molar-refractivity contribution in [3.8, 4) is 28.6 Å². The number of hydrogen-bond acceptors (Lipinski definition) is 6. The highest BCUT2D eigenvalue weighted by molar-refractivity contribution is 6.32. The fourth-order valence-corrected chi connectivity index (χ4v) is 2.98. The summed E-state index contributed by atoms with van der Waals surface area (Å²) >= 11 is 6.30. The van der Waals surface area contributed by atoms with E-state index in [1.165, 1.54) is 0 Å². The van der Waals surface area contributed by atoms with Gasteiger partial charge in [-0.1, -0.05) is 41.9 Å². The first kappa shape index (κ1) is 21.7. The number of aromatic nitrogens is 3. The Morgan fingerprint density at radius 1 is 1.17 bits per heavy atom. The molecular weight excluding hydrogens is 402 g/mol. The second kappa shape index (κ2) is 10.2. The molecule has 1 N–H and O–H groups in total. The van der Waals surface area contributed by atoms with Crippen molar-refractivity contribution >= 4 is 22.4 Å². The van der Waals surface area contributed by atoms with Crippen LogP contribution in [0.25, 0.3) is 33.6 Å². The molecule has 0 aliphatic carbocycles. The van der Waals surface area contributed by atoms with Gasteiger partial charge in [0.25, 0.3) is 5.89 Å². The Morgan fingerprint density at radius 3 is 2.67 bits per heavy atom. The molecule has 0 radical (unpaired) electrons. The first-order chi connectivity index (χ1) is 14.5. The third-order valence-corrected chi connectivity index (χ3v) is 4.41. The zero-order valence-electron chi connectivity index (χ0n) is 17.2. The third-order valence-electron chi connectivity index (χ3n) is 4.11. The Balaban J connectivity index is 0.000000589. The average molecular weight is 426 g/mol. The normalized spacial score (nSPS) is 10.7. The van der Waals surface area contributed by atoms with E-state index in [1.807, 2.05) is 63.4 Å². The lowest BCUT2D eigenvalue weighted by Gasteiger charge is -2.11. The lowest BCUT2D eigenvalue weighted by Crippen LogP contribution is -2.05. The summed E-state index contributed by atoms with van der Waals surface area (Å²) in [6.45, 7) is 6.16. The van der Waals surface area contributed by atoms with E-state index in [2.05, 4.69) is 15.1 Å². The summed E-state index contributed by atoms with van der Waals surface area (Å²) in [5, 5.41) is 14.6. The molecule has 4 aromatic rings. The standard InChI is InChI=1S/C20H16ClN3O2.C3H8O/c1-12(2)25-18-7-6-13(10-17(18)21)20-23-19(24-26-20)16-5-3-4-14-11-22-9-8-15(14)16;1-2-3-4/h3-12H,1-2H3;4H,2-3H2,1H3. The van der Waals surface area contributed by atoms with Gasteiger partial charge in [-0.15, -0.1) is 0 Å². The molecule has 0 atom stereocenters. The second-order valence-corrected chi connectivity index (χ2v) is 7.27.